The lowest BCUT2D eigenvalue weighted by Gasteiger charge is -2.14. The van der Waals surface area contributed by atoms with Gasteiger partial charge in [0.05, 0.1) is 7.11 Å². The Kier molecular flexibility index (Phi) is 5.95. The Hall–Kier alpha value is -0.580. The van der Waals surface area contributed by atoms with Gasteiger partial charge in [-0.25, -0.2) is 0 Å². The summed E-state index contributed by atoms with van der Waals surface area (Å²) in [5.41, 5.74) is 1.01. The second kappa shape index (κ2) is 6.99. The van der Waals surface area contributed by atoms with Crippen molar-refractivity contribution in [1.29, 1.82) is 0 Å². The highest BCUT2D eigenvalue weighted by molar-refractivity contribution is 7.84. The molecular weight excluding hydrogens is 258 g/mol. The average molecular weight is 276 g/mol. The summed E-state index contributed by atoms with van der Waals surface area (Å²) >= 11 is 5.94. The number of rotatable bonds is 6. The van der Waals surface area contributed by atoms with Crippen LogP contribution >= 0.6 is 11.6 Å². The molecule has 0 radical (unpaired) electrons. The third-order valence-corrected chi connectivity index (χ3v) is 3.57. The minimum absolute atomic E-state index is 0.199. The quantitative estimate of drug-likeness (QED) is 0.865. The Morgan fingerprint density at radius 1 is 1.53 bits per heavy atom. The van der Waals surface area contributed by atoms with Crippen molar-refractivity contribution >= 4 is 22.4 Å². The van der Waals surface area contributed by atoms with Gasteiger partial charge in [-0.05, 0) is 25.1 Å². The van der Waals surface area contributed by atoms with Crippen LogP contribution in [0.15, 0.2) is 18.2 Å². The van der Waals surface area contributed by atoms with E-state index in [1.807, 2.05) is 19.1 Å². The first-order valence-corrected chi connectivity index (χ1v) is 7.49. The second-order valence-electron chi connectivity index (χ2n) is 3.98. The molecule has 5 heteroatoms. The van der Waals surface area contributed by atoms with Gasteiger partial charge >= 0.3 is 0 Å². The van der Waals surface area contributed by atoms with Gasteiger partial charge in [0.2, 0.25) is 0 Å². The first-order chi connectivity index (χ1) is 8.02. The molecule has 0 saturated carbocycles. The minimum atomic E-state index is -0.785. The van der Waals surface area contributed by atoms with E-state index < -0.39 is 10.8 Å². The van der Waals surface area contributed by atoms with Crippen LogP contribution in [0.25, 0.3) is 0 Å². The molecule has 0 aliphatic heterocycles. The van der Waals surface area contributed by atoms with E-state index in [-0.39, 0.29) is 6.04 Å². The summed E-state index contributed by atoms with van der Waals surface area (Å²) in [7, 11) is 0.851. The van der Waals surface area contributed by atoms with Crippen molar-refractivity contribution in [2.75, 3.05) is 19.1 Å². The van der Waals surface area contributed by atoms with Crippen LogP contribution in [-0.2, 0) is 17.3 Å². The first-order valence-electron chi connectivity index (χ1n) is 5.38. The van der Waals surface area contributed by atoms with E-state index in [0.29, 0.717) is 17.3 Å². The van der Waals surface area contributed by atoms with Crippen molar-refractivity contribution in [3.63, 3.8) is 0 Å². The van der Waals surface area contributed by atoms with E-state index in [4.69, 9.17) is 16.3 Å². The fraction of sp³-hybridized carbons (Fsp3) is 0.500. The number of hydrogen-bond acceptors (Lipinski definition) is 3. The Balaban J connectivity index is 2.61. The van der Waals surface area contributed by atoms with E-state index in [0.717, 1.165) is 11.3 Å². The number of halogens is 1. The second-order valence-corrected chi connectivity index (χ2v) is 5.89. The molecule has 0 aliphatic rings. The maximum atomic E-state index is 11.1. The molecule has 2 unspecified atom stereocenters. The van der Waals surface area contributed by atoms with E-state index in [2.05, 4.69) is 5.32 Å². The van der Waals surface area contributed by atoms with Gasteiger partial charge in [-0.1, -0.05) is 11.6 Å². The fourth-order valence-electron chi connectivity index (χ4n) is 1.58. The summed E-state index contributed by atoms with van der Waals surface area (Å²) < 4.78 is 16.3. The van der Waals surface area contributed by atoms with Gasteiger partial charge in [0.25, 0.3) is 0 Å². The minimum Gasteiger partial charge on any atom is -0.496 e. The SMILES string of the molecule is COc1ccc(Cl)cc1CNC(C)CS(C)=O. The largest absolute Gasteiger partial charge is 0.496 e. The standard InChI is InChI=1S/C12H18ClNO2S/c1-9(8-17(3)15)14-7-10-6-11(13)4-5-12(10)16-2/h4-6,9,14H,7-8H2,1-3H3. The normalized spacial score (nSPS) is 14.4. The zero-order chi connectivity index (χ0) is 12.8. The molecule has 1 aromatic carbocycles. The van der Waals surface area contributed by atoms with Crippen LogP contribution in [0.2, 0.25) is 5.02 Å². The molecule has 0 saturated heterocycles. The molecule has 0 heterocycles. The number of hydrogen-bond donors (Lipinski definition) is 1. The molecule has 1 N–H and O–H groups in total. The third-order valence-electron chi connectivity index (χ3n) is 2.37. The van der Waals surface area contributed by atoms with Crippen LogP contribution in [-0.4, -0.2) is 29.4 Å². The topological polar surface area (TPSA) is 38.3 Å². The summed E-state index contributed by atoms with van der Waals surface area (Å²) in [5, 5.41) is 3.99. The van der Waals surface area contributed by atoms with E-state index in [1.165, 1.54) is 0 Å². The fourth-order valence-corrected chi connectivity index (χ4v) is 2.60. The first kappa shape index (κ1) is 14.5. The van der Waals surface area contributed by atoms with Crippen molar-refractivity contribution in [2.45, 2.75) is 19.5 Å². The van der Waals surface area contributed by atoms with Crippen LogP contribution in [0.1, 0.15) is 12.5 Å². The lowest BCUT2D eigenvalue weighted by Crippen LogP contribution is -2.30. The van der Waals surface area contributed by atoms with Crippen molar-refractivity contribution < 1.29 is 8.95 Å². The summed E-state index contributed by atoms with van der Waals surface area (Å²) in [6, 6.07) is 5.73. The Morgan fingerprint density at radius 3 is 2.82 bits per heavy atom. The van der Waals surface area contributed by atoms with Gasteiger partial charge in [-0.3, -0.25) is 4.21 Å². The highest BCUT2D eigenvalue weighted by Gasteiger charge is 2.07. The molecule has 0 fully saturated rings. The van der Waals surface area contributed by atoms with E-state index in [1.54, 1.807) is 19.4 Å². The molecule has 17 heavy (non-hydrogen) atoms. The van der Waals surface area contributed by atoms with Crippen LogP contribution in [0.4, 0.5) is 0 Å². The van der Waals surface area contributed by atoms with Gasteiger partial charge < -0.3 is 10.1 Å². The van der Waals surface area contributed by atoms with Crippen molar-refractivity contribution in [3.8, 4) is 5.75 Å². The highest BCUT2D eigenvalue weighted by atomic mass is 35.5. The predicted octanol–water partition coefficient (Wildman–Crippen LogP) is 2.21. The van der Waals surface area contributed by atoms with Crippen molar-refractivity contribution in [3.05, 3.63) is 28.8 Å². The molecule has 0 bridgehead atoms. The maximum Gasteiger partial charge on any atom is 0.123 e. The van der Waals surface area contributed by atoms with E-state index >= 15 is 0 Å². The number of methoxy groups -OCH3 is 1. The van der Waals surface area contributed by atoms with Gasteiger partial charge in [0.1, 0.15) is 5.75 Å². The Bertz CT molecular complexity index is 398. The Morgan fingerprint density at radius 2 is 2.24 bits per heavy atom. The van der Waals surface area contributed by atoms with Gasteiger partial charge in [0.15, 0.2) is 0 Å². The summed E-state index contributed by atoms with van der Waals surface area (Å²) in [5.74, 6) is 1.45. The molecule has 96 valence electrons. The zero-order valence-electron chi connectivity index (χ0n) is 10.3. The van der Waals surface area contributed by atoms with Gasteiger partial charge in [-0.2, -0.15) is 0 Å². The van der Waals surface area contributed by atoms with Crippen molar-refractivity contribution in [1.82, 2.24) is 5.32 Å². The number of benzene rings is 1. The summed E-state index contributed by atoms with van der Waals surface area (Å²) in [6.45, 7) is 2.67. The van der Waals surface area contributed by atoms with Crippen LogP contribution in [0.5, 0.6) is 5.75 Å². The highest BCUT2D eigenvalue weighted by Crippen LogP contribution is 2.22. The number of nitrogens with one attached hydrogen (secondary N) is 1. The van der Waals surface area contributed by atoms with Gasteiger partial charge in [-0.15, -0.1) is 0 Å². The van der Waals surface area contributed by atoms with Crippen LogP contribution in [0.3, 0.4) is 0 Å². The zero-order valence-corrected chi connectivity index (χ0v) is 11.9. The molecule has 2 atom stereocenters. The molecule has 0 amide bonds. The predicted molar refractivity (Wildman–Crippen MR) is 73.2 cm³/mol. The monoisotopic (exact) mass is 275 g/mol. The molecule has 1 aromatic rings. The molecule has 1 rings (SSSR count). The molecule has 0 aromatic heterocycles. The lowest BCUT2D eigenvalue weighted by atomic mass is 10.2. The molecule has 0 aliphatic carbocycles. The van der Waals surface area contributed by atoms with Gasteiger partial charge in [0, 0.05) is 46.0 Å². The average Bonchev–Trinajstić information content (AvgIpc) is 2.25. The summed E-state index contributed by atoms with van der Waals surface area (Å²) in [4.78, 5) is 0. The van der Waals surface area contributed by atoms with Crippen LogP contribution in [0, 0.1) is 0 Å². The Labute approximate surface area is 110 Å². The molecular formula is C12H18ClNO2S. The van der Waals surface area contributed by atoms with Crippen LogP contribution < -0.4 is 10.1 Å². The van der Waals surface area contributed by atoms with Crippen molar-refractivity contribution in [2.24, 2.45) is 0 Å². The van der Waals surface area contributed by atoms with E-state index in [9.17, 15) is 4.21 Å². The summed E-state index contributed by atoms with van der Waals surface area (Å²) in [6.07, 6.45) is 1.71. The maximum absolute atomic E-state index is 11.1. The lowest BCUT2D eigenvalue weighted by molar-refractivity contribution is 0.406. The molecule has 0 spiro atoms. The molecule has 3 nitrogen and oxygen atoms in total. The number of ether oxygens (including phenoxy) is 1. The smallest absolute Gasteiger partial charge is 0.123 e. The third kappa shape index (κ3) is 5.06.